The van der Waals surface area contributed by atoms with Gasteiger partial charge in [0.1, 0.15) is 0 Å². The fraction of sp³-hybridized carbons (Fsp3) is 0.444. The minimum absolute atomic E-state index is 0.330. The summed E-state index contributed by atoms with van der Waals surface area (Å²) in [6, 6.07) is 9.81. The molecule has 0 radical (unpaired) electrons. The predicted octanol–water partition coefficient (Wildman–Crippen LogP) is 3.47. The molecule has 0 amide bonds. The van der Waals surface area contributed by atoms with E-state index in [2.05, 4.69) is 5.32 Å². The number of hydrogen-bond donors (Lipinski definition) is 1. The van der Waals surface area contributed by atoms with E-state index in [-0.39, 0.29) is 10.9 Å². The molecule has 0 unspecified atom stereocenters. The maximum atomic E-state index is 11.9. The number of rotatable bonds is 3. The van der Waals surface area contributed by atoms with E-state index in [4.69, 9.17) is 0 Å². The van der Waals surface area contributed by atoms with Gasteiger partial charge in [0.2, 0.25) is 10.9 Å². The molecule has 0 aromatic heterocycles. The van der Waals surface area contributed by atoms with Gasteiger partial charge in [-0.25, -0.2) is 0 Å². The highest BCUT2D eigenvalue weighted by molar-refractivity contribution is 5.81. The fourth-order valence-electron chi connectivity index (χ4n) is 3.21. The number of hydrogen-bond acceptors (Lipinski definition) is 3. The van der Waals surface area contributed by atoms with Crippen molar-refractivity contribution in [3.8, 4) is 11.1 Å². The standard InChI is InChI=1S/C18H21NO2/c20-17-15(13-9-5-4-6-10-13)16(18(17)21)19-14-11-7-2-1-3-8-12-14/h4-6,9-10,14,19H,1-3,7-8,11-12H2. The zero-order valence-corrected chi connectivity index (χ0v) is 12.2. The van der Waals surface area contributed by atoms with Gasteiger partial charge in [0.25, 0.3) is 0 Å². The summed E-state index contributed by atoms with van der Waals surface area (Å²) < 4.78 is 0. The molecular formula is C18H21NO2. The van der Waals surface area contributed by atoms with Crippen LogP contribution in [0.25, 0.3) is 11.1 Å². The molecule has 2 aromatic rings. The van der Waals surface area contributed by atoms with Gasteiger partial charge in [0.05, 0.1) is 11.3 Å². The van der Waals surface area contributed by atoms with Crippen LogP contribution in [0.2, 0.25) is 0 Å². The highest BCUT2D eigenvalue weighted by Gasteiger charge is 2.24. The average Bonchev–Trinajstić information content (AvgIpc) is 2.49. The molecule has 1 fully saturated rings. The topological polar surface area (TPSA) is 46.2 Å². The van der Waals surface area contributed by atoms with Crippen molar-refractivity contribution in [1.29, 1.82) is 0 Å². The molecule has 0 spiro atoms. The zero-order chi connectivity index (χ0) is 14.7. The summed E-state index contributed by atoms with van der Waals surface area (Å²) in [5, 5.41) is 3.36. The lowest BCUT2D eigenvalue weighted by Crippen LogP contribution is -2.39. The van der Waals surface area contributed by atoms with E-state index < -0.39 is 0 Å². The van der Waals surface area contributed by atoms with E-state index in [1.807, 2.05) is 30.3 Å². The lowest BCUT2D eigenvalue weighted by molar-refractivity contribution is 0.471. The normalized spacial score (nSPS) is 17.3. The molecule has 0 heterocycles. The summed E-state index contributed by atoms with van der Waals surface area (Å²) in [6.45, 7) is 0. The van der Waals surface area contributed by atoms with Crippen molar-refractivity contribution in [2.24, 2.45) is 0 Å². The molecule has 2 aromatic carbocycles. The quantitative estimate of drug-likeness (QED) is 0.877. The monoisotopic (exact) mass is 283 g/mol. The Labute approximate surface area is 124 Å². The lowest BCUT2D eigenvalue weighted by Gasteiger charge is -2.24. The third-order valence-electron chi connectivity index (χ3n) is 4.43. The van der Waals surface area contributed by atoms with Gasteiger partial charge in [0, 0.05) is 6.04 Å². The second-order valence-corrected chi connectivity index (χ2v) is 5.96. The fourth-order valence-corrected chi connectivity index (χ4v) is 3.21. The van der Waals surface area contributed by atoms with Crippen molar-refractivity contribution in [2.45, 2.75) is 51.0 Å². The van der Waals surface area contributed by atoms with E-state index in [1.165, 1.54) is 32.1 Å². The summed E-state index contributed by atoms with van der Waals surface area (Å²) in [5.74, 6) is 0. The highest BCUT2D eigenvalue weighted by atomic mass is 16.2. The second kappa shape index (κ2) is 6.25. The third-order valence-corrected chi connectivity index (χ3v) is 4.43. The first-order valence-electron chi connectivity index (χ1n) is 7.92. The van der Waals surface area contributed by atoms with Crippen LogP contribution in [0.4, 0.5) is 5.69 Å². The van der Waals surface area contributed by atoms with Crippen LogP contribution >= 0.6 is 0 Å². The molecule has 0 bridgehead atoms. The molecule has 1 saturated carbocycles. The molecule has 3 rings (SSSR count). The third kappa shape index (κ3) is 2.92. The number of benzene rings is 1. The summed E-state index contributed by atoms with van der Waals surface area (Å²) in [7, 11) is 0. The van der Waals surface area contributed by atoms with Gasteiger partial charge in [-0.2, -0.15) is 0 Å². The van der Waals surface area contributed by atoms with Crippen LogP contribution in [0, 0.1) is 0 Å². The number of anilines is 1. The molecule has 0 atom stereocenters. The maximum Gasteiger partial charge on any atom is 0.250 e. The van der Waals surface area contributed by atoms with Crippen molar-refractivity contribution in [3.05, 3.63) is 50.8 Å². The Morgan fingerprint density at radius 1 is 0.810 bits per heavy atom. The first kappa shape index (κ1) is 14.1. The summed E-state index contributed by atoms with van der Waals surface area (Å²) >= 11 is 0. The van der Waals surface area contributed by atoms with Crippen LogP contribution in [-0.2, 0) is 0 Å². The van der Waals surface area contributed by atoms with E-state index in [0.717, 1.165) is 18.4 Å². The minimum Gasteiger partial charge on any atom is -0.378 e. The van der Waals surface area contributed by atoms with Gasteiger partial charge < -0.3 is 5.32 Å². The lowest BCUT2D eigenvalue weighted by atomic mass is 9.94. The van der Waals surface area contributed by atoms with E-state index in [1.54, 1.807) is 0 Å². The molecular weight excluding hydrogens is 262 g/mol. The Hall–Kier alpha value is -1.90. The Morgan fingerprint density at radius 3 is 2.10 bits per heavy atom. The molecule has 110 valence electrons. The smallest absolute Gasteiger partial charge is 0.250 e. The molecule has 3 nitrogen and oxygen atoms in total. The van der Waals surface area contributed by atoms with Crippen molar-refractivity contribution < 1.29 is 0 Å². The maximum absolute atomic E-state index is 11.9. The van der Waals surface area contributed by atoms with E-state index in [0.29, 0.717) is 17.3 Å². The Bertz CT molecular complexity index is 660. The number of nitrogens with one attached hydrogen (secondary N) is 1. The summed E-state index contributed by atoms with van der Waals surface area (Å²) in [4.78, 5) is 23.8. The molecule has 0 aliphatic heterocycles. The van der Waals surface area contributed by atoms with Gasteiger partial charge in [0.15, 0.2) is 0 Å². The average molecular weight is 283 g/mol. The zero-order valence-electron chi connectivity index (χ0n) is 12.2. The van der Waals surface area contributed by atoms with Crippen LogP contribution in [0.5, 0.6) is 0 Å². The molecule has 1 aliphatic carbocycles. The van der Waals surface area contributed by atoms with Crippen LogP contribution in [0.15, 0.2) is 39.9 Å². The first-order valence-corrected chi connectivity index (χ1v) is 7.92. The van der Waals surface area contributed by atoms with Gasteiger partial charge in [-0.05, 0) is 18.4 Å². The molecule has 0 saturated heterocycles. The largest absolute Gasteiger partial charge is 0.378 e. The van der Waals surface area contributed by atoms with E-state index in [9.17, 15) is 9.59 Å². The second-order valence-electron chi connectivity index (χ2n) is 5.96. The van der Waals surface area contributed by atoms with E-state index >= 15 is 0 Å². The van der Waals surface area contributed by atoms with Crippen LogP contribution in [0.3, 0.4) is 0 Å². The van der Waals surface area contributed by atoms with Gasteiger partial charge in [-0.3, -0.25) is 9.59 Å². The first-order chi connectivity index (χ1) is 10.3. The molecule has 3 heteroatoms. The van der Waals surface area contributed by atoms with Gasteiger partial charge >= 0.3 is 0 Å². The summed E-state index contributed by atoms with van der Waals surface area (Å²) in [6.07, 6.45) is 8.45. The van der Waals surface area contributed by atoms with Gasteiger partial charge in [-0.1, -0.05) is 62.4 Å². The van der Waals surface area contributed by atoms with Gasteiger partial charge in [-0.15, -0.1) is 0 Å². The Kier molecular flexibility index (Phi) is 4.18. The Balaban J connectivity index is 1.81. The molecule has 21 heavy (non-hydrogen) atoms. The SMILES string of the molecule is O=c1c(NC2CCCCCCC2)c(-c2ccccc2)c1=O. The summed E-state index contributed by atoms with van der Waals surface area (Å²) in [5.41, 5.74) is 1.25. The minimum atomic E-state index is -0.352. The van der Waals surface area contributed by atoms with Crippen molar-refractivity contribution in [3.63, 3.8) is 0 Å². The van der Waals surface area contributed by atoms with Crippen molar-refractivity contribution in [2.75, 3.05) is 5.32 Å². The van der Waals surface area contributed by atoms with Crippen LogP contribution < -0.4 is 16.2 Å². The molecule has 1 N–H and O–H groups in total. The van der Waals surface area contributed by atoms with Crippen LogP contribution in [0.1, 0.15) is 44.9 Å². The van der Waals surface area contributed by atoms with Crippen molar-refractivity contribution in [1.82, 2.24) is 0 Å². The molecule has 1 aliphatic rings. The van der Waals surface area contributed by atoms with Crippen molar-refractivity contribution >= 4 is 5.69 Å². The Morgan fingerprint density at radius 2 is 1.43 bits per heavy atom. The predicted molar refractivity (Wildman–Crippen MR) is 86.5 cm³/mol. The van der Waals surface area contributed by atoms with Crippen LogP contribution in [-0.4, -0.2) is 6.04 Å². The highest BCUT2D eigenvalue weighted by Crippen LogP contribution is 2.26.